The molecule has 0 aromatic rings. The summed E-state index contributed by atoms with van der Waals surface area (Å²) in [5, 5.41) is 8.47. The molecule has 0 amide bonds. The van der Waals surface area contributed by atoms with Crippen LogP contribution in [0.3, 0.4) is 0 Å². The Morgan fingerprint density at radius 1 is 1.08 bits per heavy atom. The molecular weight excluding hydrogens is 155 g/mol. The average molecular weight is 176 g/mol. The van der Waals surface area contributed by atoms with E-state index in [1.165, 1.54) is 0 Å². The van der Waals surface area contributed by atoms with E-state index in [-0.39, 0.29) is 6.61 Å². The second-order valence-corrected chi connectivity index (χ2v) is 3.31. The lowest BCUT2D eigenvalue weighted by molar-refractivity contribution is 0.251. The number of hydrogen-bond acceptors (Lipinski definition) is 1. The molecule has 74 valence electrons. The summed E-state index contributed by atoms with van der Waals surface area (Å²) in [6.45, 7) is 2.32. The van der Waals surface area contributed by atoms with Crippen molar-refractivity contribution in [3.8, 4) is 0 Å². The van der Waals surface area contributed by atoms with Gasteiger partial charge in [0.15, 0.2) is 0 Å². The third kappa shape index (κ3) is 7.99. The molecule has 0 rings (SSSR count). The largest absolute Gasteiger partial charge is 0.396 e. The Hall–Kier alpha value is -0.110. The number of aliphatic hydroxyl groups excluding tert-OH is 1. The van der Waals surface area contributed by atoms with Gasteiger partial charge in [0.1, 0.15) is 6.17 Å². The van der Waals surface area contributed by atoms with Gasteiger partial charge in [0, 0.05) is 6.61 Å². The summed E-state index contributed by atoms with van der Waals surface area (Å²) < 4.78 is 13.0. The molecule has 0 fully saturated rings. The SMILES string of the molecule is CCCCCC(F)CCCCO. The zero-order chi connectivity index (χ0) is 9.23. The minimum absolute atomic E-state index is 0.196. The van der Waals surface area contributed by atoms with Crippen molar-refractivity contribution in [3.63, 3.8) is 0 Å². The standard InChI is InChI=1S/C10H21FO/c1-2-3-4-7-10(11)8-5-6-9-12/h10,12H,2-9H2,1H3. The molecule has 1 atom stereocenters. The van der Waals surface area contributed by atoms with Gasteiger partial charge < -0.3 is 5.11 Å². The van der Waals surface area contributed by atoms with Crippen LogP contribution in [0.4, 0.5) is 4.39 Å². The lowest BCUT2D eigenvalue weighted by atomic mass is 10.1. The fourth-order valence-corrected chi connectivity index (χ4v) is 1.24. The predicted octanol–water partition coefficient (Wildman–Crippen LogP) is 3.07. The highest BCUT2D eigenvalue weighted by molar-refractivity contribution is 4.56. The van der Waals surface area contributed by atoms with E-state index < -0.39 is 6.17 Å². The van der Waals surface area contributed by atoms with Crippen molar-refractivity contribution in [2.75, 3.05) is 6.61 Å². The van der Waals surface area contributed by atoms with Crippen LogP contribution in [0.15, 0.2) is 0 Å². The van der Waals surface area contributed by atoms with E-state index in [9.17, 15) is 4.39 Å². The molecule has 0 aliphatic rings. The van der Waals surface area contributed by atoms with Crippen molar-refractivity contribution in [1.29, 1.82) is 0 Å². The van der Waals surface area contributed by atoms with Gasteiger partial charge >= 0.3 is 0 Å². The van der Waals surface area contributed by atoms with Crippen molar-refractivity contribution in [2.24, 2.45) is 0 Å². The maximum Gasteiger partial charge on any atom is 0.100 e. The van der Waals surface area contributed by atoms with E-state index in [1.54, 1.807) is 0 Å². The zero-order valence-electron chi connectivity index (χ0n) is 8.06. The van der Waals surface area contributed by atoms with Crippen LogP contribution in [0.5, 0.6) is 0 Å². The second-order valence-electron chi connectivity index (χ2n) is 3.31. The number of aliphatic hydroxyl groups is 1. The van der Waals surface area contributed by atoms with Crippen LogP contribution in [0, 0.1) is 0 Å². The Morgan fingerprint density at radius 3 is 2.17 bits per heavy atom. The fraction of sp³-hybridized carbons (Fsp3) is 1.00. The highest BCUT2D eigenvalue weighted by Gasteiger charge is 2.04. The van der Waals surface area contributed by atoms with Crippen molar-refractivity contribution >= 4 is 0 Å². The molecule has 0 bridgehead atoms. The second kappa shape index (κ2) is 8.98. The van der Waals surface area contributed by atoms with Crippen molar-refractivity contribution in [1.82, 2.24) is 0 Å². The molecular formula is C10H21FO. The molecule has 1 nitrogen and oxygen atoms in total. The smallest absolute Gasteiger partial charge is 0.100 e. The molecule has 2 heteroatoms. The molecule has 0 aromatic heterocycles. The van der Waals surface area contributed by atoms with Crippen molar-refractivity contribution in [3.05, 3.63) is 0 Å². The van der Waals surface area contributed by atoms with E-state index >= 15 is 0 Å². The molecule has 12 heavy (non-hydrogen) atoms. The van der Waals surface area contributed by atoms with Crippen LogP contribution in [-0.2, 0) is 0 Å². The van der Waals surface area contributed by atoms with E-state index in [0.29, 0.717) is 12.8 Å². The maximum atomic E-state index is 13.0. The summed E-state index contributed by atoms with van der Waals surface area (Å²) in [6, 6.07) is 0. The summed E-state index contributed by atoms with van der Waals surface area (Å²) in [5.74, 6) is 0. The zero-order valence-corrected chi connectivity index (χ0v) is 8.06. The minimum Gasteiger partial charge on any atom is -0.396 e. The van der Waals surface area contributed by atoms with Crippen LogP contribution in [-0.4, -0.2) is 17.9 Å². The molecule has 0 radical (unpaired) electrons. The number of unbranched alkanes of at least 4 members (excludes halogenated alkanes) is 3. The third-order valence-electron chi connectivity index (χ3n) is 2.05. The molecule has 0 saturated heterocycles. The van der Waals surface area contributed by atoms with Crippen LogP contribution in [0.25, 0.3) is 0 Å². The average Bonchev–Trinajstić information content (AvgIpc) is 2.06. The van der Waals surface area contributed by atoms with Gasteiger partial charge in [0.05, 0.1) is 0 Å². The highest BCUT2D eigenvalue weighted by atomic mass is 19.1. The van der Waals surface area contributed by atoms with Crippen LogP contribution in [0.2, 0.25) is 0 Å². The lowest BCUT2D eigenvalue weighted by Crippen LogP contribution is -2.00. The lowest BCUT2D eigenvalue weighted by Gasteiger charge is -2.06. The predicted molar refractivity (Wildman–Crippen MR) is 50.0 cm³/mol. The van der Waals surface area contributed by atoms with Gasteiger partial charge in [-0.15, -0.1) is 0 Å². The summed E-state index contributed by atoms with van der Waals surface area (Å²) in [7, 11) is 0. The highest BCUT2D eigenvalue weighted by Crippen LogP contribution is 2.12. The van der Waals surface area contributed by atoms with Gasteiger partial charge in [0.2, 0.25) is 0 Å². The Labute approximate surface area is 75.0 Å². The number of hydrogen-bond donors (Lipinski definition) is 1. The Morgan fingerprint density at radius 2 is 1.67 bits per heavy atom. The molecule has 0 aliphatic carbocycles. The van der Waals surface area contributed by atoms with E-state index in [1.807, 2.05) is 0 Å². The van der Waals surface area contributed by atoms with Gasteiger partial charge in [-0.1, -0.05) is 26.2 Å². The first-order chi connectivity index (χ1) is 5.81. The summed E-state index contributed by atoms with van der Waals surface area (Å²) in [5.41, 5.74) is 0. The number of halogens is 1. The first kappa shape index (κ1) is 11.9. The van der Waals surface area contributed by atoms with E-state index in [4.69, 9.17) is 5.11 Å². The normalized spacial score (nSPS) is 13.2. The summed E-state index contributed by atoms with van der Waals surface area (Å²) in [6.07, 6.45) is 5.57. The van der Waals surface area contributed by atoms with E-state index in [2.05, 4.69) is 6.92 Å². The van der Waals surface area contributed by atoms with Gasteiger partial charge in [-0.2, -0.15) is 0 Å². The Bertz CT molecular complexity index is 75.9. The molecule has 0 aromatic carbocycles. The Kier molecular flexibility index (Phi) is 8.90. The molecule has 0 aliphatic heterocycles. The van der Waals surface area contributed by atoms with Crippen molar-refractivity contribution in [2.45, 2.75) is 58.0 Å². The van der Waals surface area contributed by atoms with E-state index in [0.717, 1.165) is 32.1 Å². The molecule has 0 saturated carbocycles. The van der Waals surface area contributed by atoms with Gasteiger partial charge in [-0.05, 0) is 25.7 Å². The number of rotatable bonds is 8. The van der Waals surface area contributed by atoms with Crippen LogP contribution < -0.4 is 0 Å². The van der Waals surface area contributed by atoms with Gasteiger partial charge in [-0.25, -0.2) is 4.39 Å². The first-order valence-electron chi connectivity index (χ1n) is 5.06. The van der Waals surface area contributed by atoms with Gasteiger partial charge in [-0.3, -0.25) is 0 Å². The third-order valence-corrected chi connectivity index (χ3v) is 2.05. The van der Waals surface area contributed by atoms with Gasteiger partial charge in [0.25, 0.3) is 0 Å². The monoisotopic (exact) mass is 176 g/mol. The Balaban J connectivity index is 3.04. The topological polar surface area (TPSA) is 20.2 Å². The van der Waals surface area contributed by atoms with Crippen LogP contribution >= 0.6 is 0 Å². The molecule has 0 heterocycles. The van der Waals surface area contributed by atoms with Crippen molar-refractivity contribution < 1.29 is 9.50 Å². The first-order valence-corrected chi connectivity index (χ1v) is 5.06. The molecule has 1 unspecified atom stereocenters. The molecule has 1 N–H and O–H groups in total. The quantitative estimate of drug-likeness (QED) is 0.563. The minimum atomic E-state index is -0.636. The molecule has 0 spiro atoms. The summed E-state index contributed by atoms with van der Waals surface area (Å²) in [4.78, 5) is 0. The fourth-order valence-electron chi connectivity index (χ4n) is 1.24. The summed E-state index contributed by atoms with van der Waals surface area (Å²) >= 11 is 0. The van der Waals surface area contributed by atoms with Crippen LogP contribution in [0.1, 0.15) is 51.9 Å². The number of alkyl halides is 1. The maximum absolute atomic E-state index is 13.0.